The van der Waals surface area contributed by atoms with Crippen molar-refractivity contribution < 1.29 is 6.85 Å². The largest absolute Gasteiger partial charge is 0.208 e. The molecule has 0 atom stereocenters. The van der Waals surface area contributed by atoms with E-state index in [0.29, 0.717) is 23.0 Å². The smallest absolute Gasteiger partial charge is 0.164 e. The fourth-order valence-electron chi connectivity index (χ4n) is 6.23. The standard InChI is InChI=1S/C45H29N3S/c1-4-12-30(13-5-1)35-18-10-19-36(28-35)31-22-24-32(25-23-31)37-26-27-40-39(29-37)42-38(20-11-21-41(42)49-40)45-47-43(33-14-6-2-7-15-33)46-44(48-45)34-16-8-3-9-17-34/h1-29H/i1D,4D,5D,12D,13D. The van der Waals surface area contributed by atoms with E-state index in [9.17, 15) is 0 Å². The van der Waals surface area contributed by atoms with Gasteiger partial charge in [-0.2, -0.15) is 0 Å². The van der Waals surface area contributed by atoms with Crippen molar-refractivity contribution in [2.45, 2.75) is 0 Å². The molecule has 230 valence electrons. The first-order valence-corrected chi connectivity index (χ1v) is 16.8. The summed E-state index contributed by atoms with van der Waals surface area (Å²) in [6, 6.07) is 47.1. The zero-order chi connectivity index (χ0) is 36.9. The second-order valence-electron chi connectivity index (χ2n) is 11.7. The topological polar surface area (TPSA) is 38.7 Å². The van der Waals surface area contributed by atoms with Gasteiger partial charge in [0.15, 0.2) is 17.5 Å². The summed E-state index contributed by atoms with van der Waals surface area (Å²) in [6.45, 7) is 0. The van der Waals surface area contributed by atoms with Gasteiger partial charge < -0.3 is 0 Å². The molecule has 7 aromatic carbocycles. The second-order valence-corrected chi connectivity index (χ2v) is 12.8. The highest BCUT2D eigenvalue weighted by Gasteiger charge is 2.17. The van der Waals surface area contributed by atoms with Crippen LogP contribution in [0.3, 0.4) is 0 Å². The van der Waals surface area contributed by atoms with Crippen LogP contribution >= 0.6 is 11.3 Å². The van der Waals surface area contributed by atoms with E-state index in [-0.39, 0.29) is 29.7 Å². The first-order chi connectivity index (χ1) is 26.3. The van der Waals surface area contributed by atoms with Gasteiger partial charge in [0.2, 0.25) is 0 Å². The van der Waals surface area contributed by atoms with Gasteiger partial charge in [-0.25, -0.2) is 15.0 Å². The summed E-state index contributed by atoms with van der Waals surface area (Å²) in [5.74, 6) is 1.86. The van der Waals surface area contributed by atoms with E-state index in [1.807, 2.05) is 78.9 Å². The molecule has 0 amide bonds. The van der Waals surface area contributed by atoms with Crippen LogP contribution in [-0.2, 0) is 0 Å². The molecule has 0 aliphatic rings. The maximum atomic E-state index is 8.44. The Morgan fingerprint density at radius 3 is 1.57 bits per heavy atom. The molecule has 2 aromatic heterocycles. The van der Waals surface area contributed by atoms with Gasteiger partial charge in [-0.1, -0.05) is 152 Å². The molecule has 0 bridgehead atoms. The van der Waals surface area contributed by atoms with Gasteiger partial charge in [0.25, 0.3) is 0 Å². The lowest BCUT2D eigenvalue weighted by molar-refractivity contribution is 1.08. The Kier molecular flexibility index (Phi) is 6.08. The lowest BCUT2D eigenvalue weighted by Crippen LogP contribution is -2.00. The Morgan fingerprint density at radius 2 is 0.918 bits per heavy atom. The lowest BCUT2D eigenvalue weighted by atomic mass is 9.96. The van der Waals surface area contributed by atoms with Crippen molar-refractivity contribution in [1.29, 1.82) is 0 Å². The summed E-state index contributed by atoms with van der Waals surface area (Å²) in [5, 5.41) is 2.23. The molecule has 4 heteroatoms. The fourth-order valence-corrected chi connectivity index (χ4v) is 7.34. The predicted molar refractivity (Wildman–Crippen MR) is 205 cm³/mol. The fraction of sp³-hybridized carbons (Fsp3) is 0. The Hall–Kier alpha value is -6.23. The molecule has 0 spiro atoms. The van der Waals surface area contributed by atoms with Crippen LogP contribution < -0.4 is 0 Å². The lowest BCUT2D eigenvalue weighted by Gasteiger charge is -2.10. The highest BCUT2D eigenvalue weighted by Crippen LogP contribution is 2.41. The number of aromatic nitrogens is 3. The van der Waals surface area contributed by atoms with Gasteiger partial charge in [-0.3, -0.25) is 0 Å². The first-order valence-electron chi connectivity index (χ1n) is 18.4. The van der Waals surface area contributed by atoms with Crippen molar-refractivity contribution in [3.63, 3.8) is 0 Å². The van der Waals surface area contributed by atoms with Crippen LogP contribution in [0.15, 0.2) is 176 Å². The average molecular weight is 649 g/mol. The van der Waals surface area contributed by atoms with Crippen molar-refractivity contribution in [1.82, 2.24) is 15.0 Å². The number of thiophene rings is 1. The van der Waals surface area contributed by atoms with Gasteiger partial charge in [-0.05, 0) is 57.6 Å². The molecule has 0 saturated carbocycles. The predicted octanol–water partition coefficient (Wildman–Crippen LogP) is 12.2. The van der Waals surface area contributed by atoms with Crippen LogP contribution in [0.5, 0.6) is 0 Å². The van der Waals surface area contributed by atoms with Crippen molar-refractivity contribution in [2.24, 2.45) is 0 Å². The van der Waals surface area contributed by atoms with Gasteiger partial charge in [0, 0.05) is 36.9 Å². The minimum absolute atomic E-state index is 0.194. The van der Waals surface area contributed by atoms with E-state index >= 15 is 0 Å². The zero-order valence-corrected chi connectivity index (χ0v) is 26.9. The van der Waals surface area contributed by atoms with Crippen LogP contribution in [0.2, 0.25) is 0 Å². The van der Waals surface area contributed by atoms with Crippen LogP contribution in [0, 0.1) is 0 Å². The summed E-state index contributed by atoms with van der Waals surface area (Å²) in [6.07, 6.45) is 0. The third-order valence-corrected chi connectivity index (χ3v) is 9.77. The van der Waals surface area contributed by atoms with Crippen molar-refractivity contribution in [2.75, 3.05) is 0 Å². The Labute approximate surface area is 295 Å². The minimum atomic E-state index is -0.398. The van der Waals surface area contributed by atoms with Crippen LogP contribution in [0.4, 0.5) is 0 Å². The van der Waals surface area contributed by atoms with Gasteiger partial charge in [0.1, 0.15) is 0 Å². The van der Waals surface area contributed by atoms with Crippen molar-refractivity contribution in [3.05, 3.63) is 176 Å². The SMILES string of the molecule is [2H]c1c([2H])c([2H])c(-c2cccc(-c3ccc(-c4ccc5sc6cccc(-c7nc(-c8ccccc8)nc(-c8ccccc8)n7)c6c5c4)cc3)c2)c([2H])c1[2H]. The van der Waals surface area contributed by atoms with E-state index in [1.54, 1.807) is 17.4 Å². The third kappa shape index (κ3) is 5.58. The molecular formula is C45H29N3S. The number of hydrogen-bond acceptors (Lipinski definition) is 4. The van der Waals surface area contributed by atoms with E-state index in [0.717, 1.165) is 54.4 Å². The average Bonchev–Trinajstić information content (AvgIpc) is 3.61. The number of hydrogen-bond donors (Lipinski definition) is 0. The molecule has 3 nitrogen and oxygen atoms in total. The number of rotatable bonds is 6. The van der Waals surface area contributed by atoms with Gasteiger partial charge in [-0.15, -0.1) is 11.3 Å². The Bertz CT molecular complexity index is 2790. The van der Waals surface area contributed by atoms with E-state index in [1.165, 1.54) is 4.70 Å². The summed E-state index contributed by atoms with van der Waals surface area (Å²) in [7, 11) is 0. The number of benzene rings is 7. The molecule has 0 radical (unpaired) electrons. The monoisotopic (exact) mass is 648 g/mol. The van der Waals surface area contributed by atoms with Crippen LogP contribution in [-0.4, -0.2) is 15.0 Å². The van der Waals surface area contributed by atoms with E-state index < -0.39 is 6.04 Å². The van der Waals surface area contributed by atoms with E-state index in [2.05, 4.69) is 60.7 Å². The molecule has 0 N–H and O–H groups in total. The molecule has 0 aliphatic heterocycles. The van der Waals surface area contributed by atoms with Crippen molar-refractivity contribution in [3.8, 4) is 67.5 Å². The van der Waals surface area contributed by atoms with E-state index in [4.69, 9.17) is 21.8 Å². The van der Waals surface area contributed by atoms with Crippen LogP contribution in [0.25, 0.3) is 87.7 Å². The van der Waals surface area contributed by atoms with Crippen LogP contribution in [0.1, 0.15) is 6.85 Å². The normalized spacial score (nSPS) is 12.7. The summed E-state index contributed by atoms with van der Waals surface area (Å²) in [5.41, 5.74) is 7.53. The summed E-state index contributed by atoms with van der Waals surface area (Å²) in [4.78, 5) is 15.0. The molecule has 0 aliphatic carbocycles. The maximum absolute atomic E-state index is 8.44. The quantitative estimate of drug-likeness (QED) is 0.180. The Morgan fingerprint density at radius 1 is 0.388 bits per heavy atom. The molecule has 0 fully saturated rings. The second kappa shape index (κ2) is 12.4. The third-order valence-electron chi connectivity index (χ3n) is 8.64. The molecule has 9 aromatic rings. The molecule has 2 heterocycles. The molecule has 9 rings (SSSR count). The number of fused-ring (bicyclic) bond motifs is 3. The Balaban J connectivity index is 1.11. The molecule has 0 saturated heterocycles. The first kappa shape index (κ1) is 24.0. The zero-order valence-electron chi connectivity index (χ0n) is 31.1. The summed E-state index contributed by atoms with van der Waals surface area (Å²) < 4.78 is 43.4. The van der Waals surface area contributed by atoms with Gasteiger partial charge >= 0.3 is 0 Å². The molecular weight excluding hydrogens is 615 g/mol. The molecule has 0 unspecified atom stereocenters. The summed E-state index contributed by atoms with van der Waals surface area (Å²) >= 11 is 1.75. The van der Waals surface area contributed by atoms with Gasteiger partial charge in [0.05, 0.1) is 6.85 Å². The highest BCUT2D eigenvalue weighted by atomic mass is 32.1. The highest BCUT2D eigenvalue weighted by molar-refractivity contribution is 7.26. The number of nitrogens with zero attached hydrogens (tertiary/aromatic N) is 3. The molecule has 49 heavy (non-hydrogen) atoms. The van der Waals surface area contributed by atoms with Crippen molar-refractivity contribution >= 4 is 31.5 Å². The maximum Gasteiger partial charge on any atom is 0.164 e. The minimum Gasteiger partial charge on any atom is -0.208 e.